The van der Waals surface area contributed by atoms with Crippen molar-refractivity contribution in [1.29, 1.82) is 0 Å². The van der Waals surface area contributed by atoms with E-state index in [1.165, 1.54) is 60.4 Å². The minimum atomic E-state index is -0.171. The molecule has 0 aliphatic carbocycles. The number of anilines is 2. The van der Waals surface area contributed by atoms with E-state index < -0.39 is 0 Å². The van der Waals surface area contributed by atoms with E-state index in [2.05, 4.69) is 222 Å². The molecule has 53 heavy (non-hydrogen) atoms. The number of allylic oxidation sites excluding steroid dienone is 2. The Morgan fingerprint density at radius 3 is 1.66 bits per heavy atom. The average molecular weight is 679 g/mol. The summed E-state index contributed by atoms with van der Waals surface area (Å²) in [5.74, 6) is 0. The van der Waals surface area contributed by atoms with Crippen LogP contribution in [0.3, 0.4) is 0 Å². The highest BCUT2D eigenvalue weighted by Gasteiger charge is 2.25. The Morgan fingerprint density at radius 1 is 0.453 bits per heavy atom. The quantitative estimate of drug-likeness (QED) is 0.138. The van der Waals surface area contributed by atoms with Crippen LogP contribution in [-0.2, 0) is 0 Å². The average Bonchev–Trinajstić information content (AvgIpc) is 3.57. The molecule has 252 valence electrons. The largest absolute Gasteiger partial charge is 0.330 e. The summed E-state index contributed by atoms with van der Waals surface area (Å²) in [7, 11) is 0. The number of fused-ring (bicyclic) bond motifs is 4. The van der Waals surface area contributed by atoms with Gasteiger partial charge in [0.25, 0.3) is 0 Å². The highest BCUT2D eigenvalue weighted by molar-refractivity contribution is 6.09. The fourth-order valence-electron chi connectivity index (χ4n) is 7.83. The maximum atomic E-state index is 4.09. The van der Waals surface area contributed by atoms with Gasteiger partial charge in [0.15, 0.2) is 0 Å². The van der Waals surface area contributed by atoms with Gasteiger partial charge in [0.1, 0.15) is 0 Å². The number of nitrogens with zero attached hydrogens (tertiary/aromatic N) is 2. The van der Waals surface area contributed by atoms with E-state index >= 15 is 0 Å². The van der Waals surface area contributed by atoms with Gasteiger partial charge in [0, 0.05) is 27.7 Å². The van der Waals surface area contributed by atoms with Crippen molar-refractivity contribution >= 4 is 44.0 Å². The van der Waals surface area contributed by atoms with Crippen molar-refractivity contribution < 1.29 is 0 Å². The van der Waals surface area contributed by atoms with Gasteiger partial charge in [0.2, 0.25) is 0 Å². The lowest BCUT2D eigenvalue weighted by Crippen LogP contribution is -2.23. The SMILES string of the molecule is C=CC=CC(c1ccccc1-n1c2ccccc2c2ccccc21)N(c1ccc(-c2ccccc2)cc1)c1ccc(-c2cccc3ccccc23)cc1. The number of rotatable bonds is 9. The van der Waals surface area contributed by atoms with Crippen LogP contribution in [0.4, 0.5) is 11.4 Å². The topological polar surface area (TPSA) is 8.17 Å². The molecule has 0 saturated heterocycles. The molecule has 2 heteroatoms. The minimum Gasteiger partial charge on any atom is -0.330 e. The van der Waals surface area contributed by atoms with E-state index in [9.17, 15) is 0 Å². The third-order valence-corrected chi connectivity index (χ3v) is 10.3. The van der Waals surface area contributed by atoms with Crippen LogP contribution < -0.4 is 4.90 Å². The van der Waals surface area contributed by atoms with Crippen LogP contribution in [0.15, 0.2) is 219 Å². The molecular formula is C51H38N2. The highest BCUT2D eigenvalue weighted by Crippen LogP contribution is 2.42. The Kier molecular flexibility index (Phi) is 8.47. The first-order valence-electron chi connectivity index (χ1n) is 18.2. The van der Waals surface area contributed by atoms with Crippen LogP contribution >= 0.6 is 0 Å². The molecule has 9 aromatic rings. The molecule has 1 heterocycles. The number of para-hydroxylation sites is 3. The van der Waals surface area contributed by atoms with Gasteiger partial charge in [-0.3, -0.25) is 0 Å². The third kappa shape index (κ3) is 5.91. The maximum Gasteiger partial charge on any atom is 0.0798 e. The van der Waals surface area contributed by atoms with Gasteiger partial charge in [0.05, 0.1) is 22.8 Å². The lowest BCUT2D eigenvalue weighted by molar-refractivity contribution is 0.841. The molecule has 0 N–H and O–H groups in total. The second-order valence-corrected chi connectivity index (χ2v) is 13.4. The fraction of sp³-hybridized carbons (Fsp3) is 0.0196. The van der Waals surface area contributed by atoms with Crippen molar-refractivity contribution in [3.05, 3.63) is 224 Å². The maximum absolute atomic E-state index is 4.09. The highest BCUT2D eigenvalue weighted by atomic mass is 15.2. The molecule has 1 aromatic heterocycles. The van der Waals surface area contributed by atoms with E-state index in [1.807, 2.05) is 6.08 Å². The lowest BCUT2D eigenvalue weighted by Gasteiger charge is -2.34. The summed E-state index contributed by atoms with van der Waals surface area (Å²) < 4.78 is 2.43. The zero-order valence-electron chi connectivity index (χ0n) is 29.4. The summed E-state index contributed by atoms with van der Waals surface area (Å²) in [6.45, 7) is 4.09. The molecule has 0 bridgehead atoms. The number of hydrogen-bond acceptors (Lipinski definition) is 1. The molecule has 1 unspecified atom stereocenters. The van der Waals surface area contributed by atoms with Gasteiger partial charge in [-0.2, -0.15) is 0 Å². The van der Waals surface area contributed by atoms with Crippen LogP contribution in [0, 0.1) is 0 Å². The van der Waals surface area contributed by atoms with Crippen molar-refractivity contribution in [2.45, 2.75) is 6.04 Å². The Hall–Kier alpha value is -6.90. The van der Waals surface area contributed by atoms with Crippen molar-refractivity contribution in [2.24, 2.45) is 0 Å². The van der Waals surface area contributed by atoms with Crippen LogP contribution in [0.25, 0.3) is 60.5 Å². The zero-order chi connectivity index (χ0) is 35.6. The molecule has 1 atom stereocenters. The first-order chi connectivity index (χ1) is 26.3. The molecule has 8 aromatic carbocycles. The normalized spacial score (nSPS) is 12.1. The van der Waals surface area contributed by atoms with Gasteiger partial charge < -0.3 is 9.47 Å². The second-order valence-electron chi connectivity index (χ2n) is 13.4. The van der Waals surface area contributed by atoms with E-state index in [-0.39, 0.29) is 6.04 Å². The van der Waals surface area contributed by atoms with Gasteiger partial charge in [-0.1, -0.05) is 176 Å². The Bertz CT molecular complexity index is 2680. The fourth-order valence-corrected chi connectivity index (χ4v) is 7.83. The molecule has 9 rings (SSSR count). The van der Waals surface area contributed by atoms with Gasteiger partial charge in [-0.05, 0) is 75.5 Å². The standard InChI is InChI=1S/C51H38N2/c1-2-3-25-50(47-23-11-14-28-51(47)53-48-26-12-9-21-45(48)46-22-10-13-27-49(46)53)52(41-33-29-38(30-34-41)37-16-5-4-6-17-37)42-35-31-40(32-36-42)44-24-15-19-39-18-7-8-20-43(39)44/h2-36,50H,1H2. The van der Waals surface area contributed by atoms with Crippen LogP contribution in [0.5, 0.6) is 0 Å². The second kappa shape index (κ2) is 14.0. The predicted octanol–water partition coefficient (Wildman–Crippen LogP) is 13.9. The summed E-state index contributed by atoms with van der Waals surface area (Å²) in [6.07, 6.45) is 6.21. The first-order valence-corrected chi connectivity index (χ1v) is 18.2. The zero-order valence-corrected chi connectivity index (χ0v) is 29.4. The summed E-state index contributed by atoms with van der Waals surface area (Å²) in [5.41, 5.74) is 11.7. The van der Waals surface area contributed by atoms with Gasteiger partial charge in [-0.25, -0.2) is 0 Å². The summed E-state index contributed by atoms with van der Waals surface area (Å²) in [5, 5.41) is 4.98. The predicted molar refractivity (Wildman–Crippen MR) is 226 cm³/mol. The molecule has 0 spiro atoms. The van der Waals surface area contributed by atoms with Crippen LogP contribution in [-0.4, -0.2) is 4.57 Å². The van der Waals surface area contributed by atoms with Crippen LogP contribution in [0.1, 0.15) is 11.6 Å². The Labute approximate surface area is 310 Å². The molecule has 0 saturated carbocycles. The van der Waals surface area contributed by atoms with Crippen molar-refractivity contribution in [3.63, 3.8) is 0 Å². The third-order valence-electron chi connectivity index (χ3n) is 10.3. The molecule has 0 aliphatic rings. The first kappa shape index (κ1) is 32.0. The summed E-state index contributed by atoms with van der Waals surface area (Å²) in [6, 6.07) is 69.8. The van der Waals surface area contributed by atoms with Gasteiger partial charge >= 0.3 is 0 Å². The number of hydrogen-bond donors (Lipinski definition) is 0. The summed E-state index contributed by atoms with van der Waals surface area (Å²) in [4.78, 5) is 2.45. The smallest absolute Gasteiger partial charge is 0.0798 e. The van der Waals surface area contributed by atoms with E-state index in [0.717, 1.165) is 17.1 Å². The van der Waals surface area contributed by atoms with Crippen molar-refractivity contribution in [3.8, 4) is 27.9 Å². The Balaban J connectivity index is 1.24. The molecular weight excluding hydrogens is 641 g/mol. The van der Waals surface area contributed by atoms with Crippen molar-refractivity contribution in [2.75, 3.05) is 4.90 Å². The molecule has 0 aliphatic heterocycles. The van der Waals surface area contributed by atoms with E-state index in [1.54, 1.807) is 0 Å². The molecule has 2 nitrogen and oxygen atoms in total. The van der Waals surface area contributed by atoms with E-state index in [4.69, 9.17) is 0 Å². The molecule has 0 fully saturated rings. The molecule has 0 radical (unpaired) electrons. The minimum absolute atomic E-state index is 0.171. The monoisotopic (exact) mass is 678 g/mol. The molecule has 0 amide bonds. The number of benzene rings is 8. The Morgan fingerprint density at radius 2 is 0.981 bits per heavy atom. The van der Waals surface area contributed by atoms with Gasteiger partial charge in [-0.15, -0.1) is 0 Å². The van der Waals surface area contributed by atoms with Crippen molar-refractivity contribution in [1.82, 2.24) is 4.57 Å². The van der Waals surface area contributed by atoms with Crippen LogP contribution in [0.2, 0.25) is 0 Å². The number of aromatic nitrogens is 1. The lowest BCUT2D eigenvalue weighted by atomic mass is 9.96. The van der Waals surface area contributed by atoms with E-state index in [0.29, 0.717) is 0 Å². The summed E-state index contributed by atoms with van der Waals surface area (Å²) >= 11 is 0.